The molecule has 0 unspecified atom stereocenters. The molecular formula is C10H23N3O. The van der Waals surface area contributed by atoms with E-state index in [1.54, 1.807) is 0 Å². The molecule has 0 aliphatic carbocycles. The first kappa shape index (κ1) is 13.2. The summed E-state index contributed by atoms with van der Waals surface area (Å²) in [5.74, 6) is 1.00. The number of guanidine groups is 1. The summed E-state index contributed by atoms with van der Waals surface area (Å²) in [5, 5.41) is 0. The Labute approximate surface area is 87.6 Å². The summed E-state index contributed by atoms with van der Waals surface area (Å²) in [4.78, 5) is 8.51. The molecule has 0 heterocycles. The third-order valence-electron chi connectivity index (χ3n) is 1.70. The van der Waals surface area contributed by atoms with Gasteiger partial charge in [-0.3, -0.25) is 4.99 Å². The smallest absolute Gasteiger partial charge is 0.195 e. The third kappa shape index (κ3) is 5.80. The van der Waals surface area contributed by atoms with Crippen molar-refractivity contribution in [2.45, 2.75) is 13.3 Å². The molecule has 84 valence electrons. The maximum absolute atomic E-state index is 5.24. The van der Waals surface area contributed by atoms with Gasteiger partial charge < -0.3 is 14.5 Å². The van der Waals surface area contributed by atoms with Crippen molar-refractivity contribution in [2.24, 2.45) is 4.99 Å². The molecule has 0 atom stereocenters. The first-order valence-corrected chi connectivity index (χ1v) is 5.06. The lowest BCUT2D eigenvalue weighted by Crippen LogP contribution is -2.35. The van der Waals surface area contributed by atoms with E-state index in [-0.39, 0.29) is 0 Å². The van der Waals surface area contributed by atoms with Crippen LogP contribution < -0.4 is 0 Å². The maximum atomic E-state index is 5.24. The van der Waals surface area contributed by atoms with Crippen LogP contribution >= 0.6 is 0 Å². The molecule has 0 aliphatic rings. The predicted octanol–water partition coefficient (Wildman–Crippen LogP) is 0.892. The van der Waals surface area contributed by atoms with Gasteiger partial charge in [-0.2, -0.15) is 0 Å². The molecule has 0 aliphatic heterocycles. The number of rotatable bonds is 5. The summed E-state index contributed by atoms with van der Waals surface area (Å²) in [6.07, 6.45) is 0.985. The van der Waals surface area contributed by atoms with Crippen LogP contribution in [0.3, 0.4) is 0 Å². The summed E-state index contributed by atoms with van der Waals surface area (Å²) < 4.78 is 5.24. The molecule has 4 nitrogen and oxygen atoms in total. The molecule has 0 fully saturated rings. The average Bonchev–Trinajstić information content (AvgIpc) is 2.09. The summed E-state index contributed by atoms with van der Waals surface area (Å²) in [6, 6.07) is 0. The predicted molar refractivity (Wildman–Crippen MR) is 60.8 cm³/mol. The highest BCUT2D eigenvalue weighted by Gasteiger charge is 2.02. The molecule has 0 aromatic rings. The minimum absolute atomic E-state index is 0.790. The van der Waals surface area contributed by atoms with Crippen molar-refractivity contribution < 1.29 is 4.74 Å². The Morgan fingerprint density at radius 2 is 1.71 bits per heavy atom. The van der Waals surface area contributed by atoms with Crippen LogP contribution in [0.2, 0.25) is 0 Å². The van der Waals surface area contributed by atoms with E-state index in [9.17, 15) is 0 Å². The van der Waals surface area contributed by atoms with Crippen molar-refractivity contribution in [1.82, 2.24) is 9.80 Å². The second-order valence-electron chi connectivity index (χ2n) is 3.52. The molecule has 0 spiro atoms. The van der Waals surface area contributed by atoms with E-state index in [4.69, 9.17) is 4.74 Å². The lowest BCUT2D eigenvalue weighted by atomic mass is 10.4. The SMILES string of the molecule is CCOCCCN=C(N(C)C)N(C)C. The van der Waals surface area contributed by atoms with Crippen LogP contribution in [0.5, 0.6) is 0 Å². The zero-order valence-corrected chi connectivity index (χ0v) is 10.1. The summed E-state index contributed by atoms with van der Waals surface area (Å²) in [6.45, 7) is 4.42. The van der Waals surface area contributed by atoms with Gasteiger partial charge in [0.05, 0.1) is 0 Å². The van der Waals surface area contributed by atoms with Crippen LogP contribution in [-0.2, 0) is 4.74 Å². The normalized spacial score (nSPS) is 9.79. The van der Waals surface area contributed by atoms with Crippen LogP contribution in [0.4, 0.5) is 0 Å². The van der Waals surface area contributed by atoms with Gasteiger partial charge in [0.15, 0.2) is 5.96 Å². The summed E-state index contributed by atoms with van der Waals surface area (Å²) in [5.41, 5.74) is 0. The zero-order chi connectivity index (χ0) is 11.0. The lowest BCUT2D eigenvalue weighted by Gasteiger charge is -2.22. The maximum Gasteiger partial charge on any atom is 0.195 e. The molecule has 0 aromatic carbocycles. The molecule has 0 amide bonds. The van der Waals surface area contributed by atoms with Crippen molar-refractivity contribution in [3.8, 4) is 0 Å². The van der Waals surface area contributed by atoms with Crippen molar-refractivity contribution in [1.29, 1.82) is 0 Å². The third-order valence-corrected chi connectivity index (χ3v) is 1.70. The number of hydrogen-bond acceptors (Lipinski definition) is 2. The fourth-order valence-corrected chi connectivity index (χ4v) is 1.17. The number of aliphatic imine (C=N–C) groups is 1. The fraction of sp³-hybridized carbons (Fsp3) is 0.900. The Bertz CT molecular complexity index is 157. The molecule has 0 saturated heterocycles. The van der Waals surface area contributed by atoms with Crippen LogP contribution in [0.25, 0.3) is 0 Å². The van der Waals surface area contributed by atoms with Gasteiger partial charge in [-0.05, 0) is 13.3 Å². The molecule has 4 heteroatoms. The Kier molecular flexibility index (Phi) is 7.20. The van der Waals surface area contributed by atoms with Gasteiger partial charge in [-0.15, -0.1) is 0 Å². The van der Waals surface area contributed by atoms with Crippen molar-refractivity contribution in [2.75, 3.05) is 47.9 Å². The van der Waals surface area contributed by atoms with Crippen LogP contribution in [-0.4, -0.2) is 63.7 Å². The van der Waals surface area contributed by atoms with Gasteiger partial charge in [0.25, 0.3) is 0 Å². The zero-order valence-electron chi connectivity index (χ0n) is 10.1. The largest absolute Gasteiger partial charge is 0.382 e. The second kappa shape index (κ2) is 7.62. The highest BCUT2D eigenvalue weighted by Crippen LogP contribution is 1.91. The molecule has 0 rings (SSSR count). The molecule has 0 radical (unpaired) electrons. The van der Waals surface area contributed by atoms with Crippen LogP contribution in [0.15, 0.2) is 4.99 Å². The van der Waals surface area contributed by atoms with Crippen molar-refractivity contribution >= 4 is 5.96 Å². The van der Waals surface area contributed by atoms with Gasteiger partial charge in [0.1, 0.15) is 0 Å². The fourth-order valence-electron chi connectivity index (χ4n) is 1.17. The van der Waals surface area contributed by atoms with Gasteiger partial charge >= 0.3 is 0 Å². The van der Waals surface area contributed by atoms with E-state index >= 15 is 0 Å². The van der Waals surface area contributed by atoms with Crippen molar-refractivity contribution in [3.05, 3.63) is 0 Å². The highest BCUT2D eigenvalue weighted by molar-refractivity contribution is 5.79. The quantitative estimate of drug-likeness (QED) is 0.376. The van der Waals surface area contributed by atoms with E-state index in [1.807, 2.05) is 44.9 Å². The molecule has 0 saturated carbocycles. The summed E-state index contributed by atoms with van der Waals surface area (Å²) >= 11 is 0. The van der Waals surface area contributed by atoms with E-state index < -0.39 is 0 Å². The Morgan fingerprint density at radius 1 is 1.14 bits per heavy atom. The Balaban J connectivity index is 3.80. The number of hydrogen-bond donors (Lipinski definition) is 0. The molecular weight excluding hydrogens is 178 g/mol. The Hall–Kier alpha value is -0.770. The minimum atomic E-state index is 0.790. The lowest BCUT2D eigenvalue weighted by molar-refractivity contribution is 0.146. The topological polar surface area (TPSA) is 28.1 Å². The standard InChI is InChI=1S/C10H23N3O/c1-6-14-9-7-8-11-10(12(2)3)13(4)5/h6-9H2,1-5H3. The van der Waals surface area contributed by atoms with Crippen LogP contribution in [0.1, 0.15) is 13.3 Å². The molecule has 14 heavy (non-hydrogen) atoms. The van der Waals surface area contributed by atoms with E-state index in [0.717, 1.165) is 32.1 Å². The summed E-state index contributed by atoms with van der Waals surface area (Å²) in [7, 11) is 8.01. The number of ether oxygens (including phenoxy) is 1. The minimum Gasteiger partial charge on any atom is -0.382 e. The molecule has 0 bridgehead atoms. The van der Waals surface area contributed by atoms with Crippen LogP contribution in [0, 0.1) is 0 Å². The van der Waals surface area contributed by atoms with E-state index in [1.165, 1.54) is 0 Å². The average molecular weight is 201 g/mol. The monoisotopic (exact) mass is 201 g/mol. The first-order chi connectivity index (χ1) is 6.59. The number of nitrogens with zero attached hydrogens (tertiary/aromatic N) is 3. The highest BCUT2D eigenvalue weighted by atomic mass is 16.5. The van der Waals surface area contributed by atoms with Gasteiger partial charge in [0, 0.05) is 47.9 Å². The van der Waals surface area contributed by atoms with Gasteiger partial charge in [-0.1, -0.05) is 0 Å². The van der Waals surface area contributed by atoms with Gasteiger partial charge in [-0.25, -0.2) is 0 Å². The molecule has 0 aromatic heterocycles. The molecule has 0 N–H and O–H groups in total. The van der Waals surface area contributed by atoms with Crippen molar-refractivity contribution in [3.63, 3.8) is 0 Å². The van der Waals surface area contributed by atoms with Gasteiger partial charge in [0.2, 0.25) is 0 Å². The first-order valence-electron chi connectivity index (χ1n) is 5.06. The van der Waals surface area contributed by atoms with E-state index in [2.05, 4.69) is 4.99 Å². The second-order valence-corrected chi connectivity index (χ2v) is 3.52. The Morgan fingerprint density at radius 3 is 2.14 bits per heavy atom. The van der Waals surface area contributed by atoms with E-state index in [0.29, 0.717) is 0 Å².